The van der Waals surface area contributed by atoms with Gasteiger partial charge in [-0.05, 0) is 30.7 Å². The monoisotopic (exact) mass is 229 g/mol. The van der Waals surface area contributed by atoms with Crippen molar-refractivity contribution in [2.45, 2.75) is 13.5 Å². The molecule has 0 bridgehead atoms. The van der Waals surface area contributed by atoms with Crippen LogP contribution in [0.2, 0.25) is 0 Å². The molecule has 0 aliphatic rings. The molecule has 0 unspecified atom stereocenters. The summed E-state index contributed by atoms with van der Waals surface area (Å²) < 4.78 is 5.72. The fraction of sp³-hybridized carbons (Fsp3) is 0.143. The van der Waals surface area contributed by atoms with Gasteiger partial charge in [0.1, 0.15) is 11.5 Å². The van der Waals surface area contributed by atoms with Gasteiger partial charge in [-0.15, -0.1) is 0 Å². The molecule has 0 aliphatic carbocycles. The molecule has 0 heterocycles. The van der Waals surface area contributed by atoms with Gasteiger partial charge in [0.15, 0.2) is 0 Å². The zero-order valence-electron chi connectivity index (χ0n) is 9.68. The van der Waals surface area contributed by atoms with Gasteiger partial charge in [-0.1, -0.05) is 18.2 Å². The Hall–Kier alpha value is -2.00. The van der Waals surface area contributed by atoms with Crippen molar-refractivity contribution in [3.63, 3.8) is 0 Å². The van der Waals surface area contributed by atoms with Crippen molar-refractivity contribution in [1.82, 2.24) is 0 Å². The van der Waals surface area contributed by atoms with Gasteiger partial charge in [0, 0.05) is 17.3 Å². The first-order chi connectivity index (χ1) is 8.19. The number of aryl methyl sites for hydroxylation is 1. The largest absolute Gasteiger partial charge is 0.457 e. The molecular weight excluding hydrogens is 214 g/mol. The molecule has 3 heteroatoms. The second-order valence-electron chi connectivity index (χ2n) is 3.95. The fourth-order valence-corrected chi connectivity index (χ4v) is 1.70. The van der Waals surface area contributed by atoms with Gasteiger partial charge in [0.25, 0.3) is 0 Å². The van der Waals surface area contributed by atoms with Crippen LogP contribution < -0.4 is 10.5 Å². The zero-order chi connectivity index (χ0) is 12.3. The molecule has 17 heavy (non-hydrogen) atoms. The highest BCUT2D eigenvalue weighted by Gasteiger charge is 2.04. The van der Waals surface area contributed by atoms with Crippen molar-refractivity contribution in [3.8, 4) is 11.5 Å². The van der Waals surface area contributed by atoms with Crippen LogP contribution in [-0.2, 0) is 6.61 Å². The van der Waals surface area contributed by atoms with E-state index in [0.717, 1.165) is 11.1 Å². The highest BCUT2D eigenvalue weighted by atomic mass is 16.5. The highest BCUT2D eigenvalue weighted by Crippen LogP contribution is 2.27. The average molecular weight is 229 g/mol. The summed E-state index contributed by atoms with van der Waals surface area (Å²) in [6.45, 7) is 1.92. The second-order valence-corrected chi connectivity index (χ2v) is 3.95. The van der Waals surface area contributed by atoms with Crippen molar-refractivity contribution >= 4 is 5.69 Å². The molecule has 2 rings (SSSR count). The first-order valence-corrected chi connectivity index (χ1v) is 5.43. The van der Waals surface area contributed by atoms with E-state index in [9.17, 15) is 5.11 Å². The van der Waals surface area contributed by atoms with Gasteiger partial charge in [-0.2, -0.15) is 0 Å². The Morgan fingerprint density at radius 1 is 1.18 bits per heavy atom. The molecule has 3 nitrogen and oxygen atoms in total. The second kappa shape index (κ2) is 4.89. The molecule has 0 fully saturated rings. The number of benzene rings is 2. The minimum Gasteiger partial charge on any atom is -0.457 e. The number of anilines is 1. The summed E-state index contributed by atoms with van der Waals surface area (Å²) in [7, 11) is 0. The summed E-state index contributed by atoms with van der Waals surface area (Å²) in [5, 5.41) is 9.20. The third-order valence-electron chi connectivity index (χ3n) is 2.44. The first kappa shape index (κ1) is 11.5. The standard InChI is InChI=1S/C14H15NO2/c1-10-6-12(15)8-13(7-10)17-14-5-3-2-4-11(14)9-16/h2-8,16H,9,15H2,1H3. The molecule has 0 radical (unpaired) electrons. The summed E-state index contributed by atoms with van der Waals surface area (Å²) in [6, 6.07) is 12.9. The van der Waals surface area contributed by atoms with E-state index in [1.54, 1.807) is 6.07 Å². The van der Waals surface area contributed by atoms with Gasteiger partial charge < -0.3 is 15.6 Å². The SMILES string of the molecule is Cc1cc(N)cc(Oc2ccccc2CO)c1. The van der Waals surface area contributed by atoms with E-state index in [1.807, 2.05) is 43.3 Å². The van der Waals surface area contributed by atoms with E-state index in [-0.39, 0.29) is 6.61 Å². The van der Waals surface area contributed by atoms with Crippen LogP contribution in [0.4, 0.5) is 5.69 Å². The maximum absolute atomic E-state index is 9.20. The van der Waals surface area contributed by atoms with E-state index >= 15 is 0 Å². The number of para-hydroxylation sites is 1. The predicted octanol–water partition coefficient (Wildman–Crippen LogP) is 2.86. The summed E-state index contributed by atoms with van der Waals surface area (Å²) in [5.74, 6) is 1.34. The lowest BCUT2D eigenvalue weighted by molar-refractivity contribution is 0.276. The van der Waals surface area contributed by atoms with Crippen LogP contribution >= 0.6 is 0 Å². The predicted molar refractivity (Wildman–Crippen MR) is 68.0 cm³/mol. The number of nitrogens with two attached hydrogens (primary N) is 1. The maximum atomic E-state index is 9.20. The van der Waals surface area contributed by atoms with Crippen molar-refractivity contribution in [2.75, 3.05) is 5.73 Å². The summed E-state index contributed by atoms with van der Waals surface area (Å²) in [5.41, 5.74) is 8.22. The van der Waals surface area contributed by atoms with Gasteiger partial charge >= 0.3 is 0 Å². The number of hydrogen-bond donors (Lipinski definition) is 2. The molecule has 0 aliphatic heterocycles. The minimum atomic E-state index is -0.0442. The first-order valence-electron chi connectivity index (χ1n) is 5.43. The third-order valence-corrected chi connectivity index (χ3v) is 2.44. The minimum absolute atomic E-state index is 0.0442. The average Bonchev–Trinajstić information content (AvgIpc) is 2.28. The number of ether oxygens (including phenoxy) is 1. The van der Waals surface area contributed by atoms with Crippen molar-refractivity contribution in [2.24, 2.45) is 0 Å². The number of nitrogen functional groups attached to an aromatic ring is 1. The normalized spacial score (nSPS) is 10.2. The van der Waals surface area contributed by atoms with E-state index in [2.05, 4.69) is 0 Å². The maximum Gasteiger partial charge on any atom is 0.132 e. The van der Waals surface area contributed by atoms with Crippen molar-refractivity contribution in [3.05, 3.63) is 53.6 Å². The molecule has 3 N–H and O–H groups in total. The molecule has 0 saturated carbocycles. The zero-order valence-corrected chi connectivity index (χ0v) is 9.68. The number of aliphatic hydroxyl groups excluding tert-OH is 1. The summed E-state index contributed by atoms with van der Waals surface area (Å²) >= 11 is 0. The van der Waals surface area contributed by atoms with Crippen LogP contribution in [-0.4, -0.2) is 5.11 Å². The Morgan fingerprint density at radius 2 is 1.94 bits per heavy atom. The molecule has 0 aromatic heterocycles. The van der Waals surface area contributed by atoms with Gasteiger partial charge in [0.2, 0.25) is 0 Å². The van der Waals surface area contributed by atoms with Crippen molar-refractivity contribution in [1.29, 1.82) is 0 Å². The molecular formula is C14H15NO2. The molecule has 0 spiro atoms. The van der Waals surface area contributed by atoms with Gasteiger partial charge in [0.05, 0.1) is 6.61 Å². The van der Waals surface area contributed by atoms with Crippen LogP contribution in [0.5, 0.6) is 11.5 Å². The topological polar surface area (TPSA) is 55.5 Å². The number of rotatable bonds is 3. The van der Waals surface area contributed by atoms with E-state index in [0.29, 0.717) is 17.2 Å². The smallest absolute Gasteiger partial charge is 0.132 e. The molecule has 2 aromatic rings. The van der Waals surface area contributed by atoms with Crippen LogP contribution in [0.25, 0.3) is 0 Å². The quantitative estimate of drug-likeness (QED) is 0.796. The van der Waals surface area contributed by atoms with Gasteiger partial charge in [-0.25, -0.2) is 0 Å². The van der Waals surface area contributed by atoms with Crippen LogP contribution in [0.3, 0.4) is 0 Å². The Bertz CT molecular complexity index is 503. The van der Waals surface area contributed by atoms with Crippen LogP contribution in [0, 0.1) is 6.92 Å². The molecule has 2 aromatic carbocycles. The Labute approximate surface area is 100 Å². The molecule has 0 amide bonds. The summed E-state index contributed by atoms with van der Waals surface area (Å²) in [4.78, 5) is 0. The number of hydrogen-bond acceptors (Lipinski definition) is 3. The van der Waals surface area contributed by atoms with E-state index in [4.69, 9.17) is 10.5 Å². The van der Waals surface area contributed by atoms with E-state index in [1.165, 1.54) is 0 Å². The Balaban J connectivity index is 2.31. The Kier molecular flexibility index (Phi) is 3.30. The lowest BCUT2D eigenvalue weighted by atomic mass is 10.2. The molecule has 0 saturated heterocycles. The van der Waals surface area contributed by atoms with Gasteiger partial charge in [-0.3, -0.25) is 0 Å². The fourth-order valence-electron chi connectivity index (χ4n) is 1.70. The van der Waals surface area contributed by atoms with Crippen LogP contribution in [0.15, 0.2) is 42.5 Å². The third kappa shape index (κ3) is 2.77. The van der Waals surface area contributed by atoms with Crippen LogP contribution in [0.1, 0.15) is 11.1 Å². The lowest BCUT2D eigenvalue weighted by Gasteiger charge is -2.10. The summed E-state index contributed by atoms with van der Waals surface area (Å²) in [6.07, 6.45) is 0. The lowest BCUT2D eigenvalue weighted by Crippen LogP contribution is -1.93. The number of aliphatic hydroxyl groups is 1. The van der Waals surface area contributed by atoms with E-state index < -0.39 is 0 Å². The highest BCUT2D eigenvalue weighted by molar-refractivity contribution is 5.49. The van der Waals surface area contributed by atoms with Crippen molar-refractivity contribution < 1.29 is 9.84 Å². The Morgan fingerprint density at radius 3 is 2.65 bits per heavy atom. The molecule has 0 atom stereocenters. The molecule has 88 valence electrons.